The summed E-state index contributed by atoms with van der Waals surface area (Å²) in [6.45, 7) is 4.50. The van der Waals surface area contributed by atoms with E-state index in [0.717, 1.165) is 11.1 Å². The van der Waals surface area contributed by atoms with E-state index in [1.807, 2.05) is 38.1 Å². The van der Waals surface area contributed by atoms with Crippen LogP contribution >= 0.6 is 0 Å². The highest BCUT2D eigenvalue weighted by atomic mass is 16.5. The van der Waals surface area contributed by atoms with Crippen LogP contribution in [0.3, 0.4) is 0 Å². The molecule has 1 amide bonds. The lowest BCUT2D eigenvalue weighted by Crippen LogP contribution is -2.42. The van der Waals surface area contributed by atoms with Crippen molar-refractivity contribution in [2.45, 2.75) is 26.8 Å². The summed E-state index contributed by atoms with van der Waals surface area (Å²) in [5, 5.41) is 0. The zero-order chi connectivity index (χ0) is 20.7. The van der Waals surface area contributed by atoms with Crippen molar-refractivity contribution in [1.29, 1.82) is 0 Å². The lowest BCUT2D eigenvalue weighted by molar-refractivity contribution is -0.114. The number of benzene rings is 1. The first-order chi connectivity index (χ1) is 13.4. The normalized spacial score (nSPS) is 11.1. The molecule has 0 fully saturated rings. The summed E-state index contributed by atoms with van der Waals surface area (Å²) in [6.07, 6.45) is 3.69. The molecule has 0 unspecified atom stereocenters. The summed E-state index contributed by atoms with van der Waals surface area (Å²) >= 11 is 0. The number of aromatic nitrogens is 2. The minimum atomic E-state index is -0.705. The summed E-state index contributed by atoms with van der Waals surface area (Å²) in [5.41, 5.74) is 6.67. The molecule has 0 saturated heterocycles. The first-order valence-electron chi connectivity index (χ1n) is 9.06. The number of amides is 1. The van der Waals surface area contributed by atoms with Gasteiger partial charge in [-0.15, -0.1) is 0 Å². The molecule has 0 spiro atoms. The molecule has 0 aliphatic rings. The Morgan fingerprint density at radius 1 is 1.36 bits per heavy atom. The van der Waals surface area contributed by atoms with E-state index in [9.17, 15) is 14.4 Å². The fourth-order valence-electron chi connectivity index (χ4n) is 2.83. The van der Waals surface area contributed by atoms with Crippen LogP contribution in [0.15, 0.2) is 39.9 Å². The quantitative estimate of drug-likeness (QED) is 0.669. The molecule has 8 nitrogen and oxygen atoms in total. The van der Waals surface area contributed by atoms with Crippen LogP contribution in [-0.4, -0.2) is 35.7 Å². The summed E-state index contributed by atoms with van der Waals surface area (Å²) < 4.78 is 6.32. The number of aryl methyl sites for hydroxylation is 1. The number of nitrogens with one attached hydrogen (secondary N) is 1. The van der Waals surface area contributed by atoms with Gasteiger partial charge in [-0.05, 0) is 25.0 Å². The van der Waals surface area contributed by atoms with Crippen LogP contribution in [0.1, 0.15) is 24.5 Å². The number of hydrogen-bond acceptors (Lipinski definition) is 5. The zero-order valence-electron chi connectivity index (χ0n) is 16.4. The number of nitrogens with two attached hydrogens (primary N) is 1. The van der Waals surface area contributed by atoms with Crippen molar-refractivity contribution >= 4 is 23.5 Å². The highest BCUT2D eigenvalue weighted by molar-refractivity contribution is 6.05. The Hall–Kier alpha value is -3.13. The Labute approximate surface area is 163 Å². The molecule has 28 heavy (non-hydrogen) atoms. The van der Waals surface area contributed by atoms with Crippen molar-refractivity contribution < 1.29 is 9.53 Å². The first kappa shape index (κ1) is 21.2. The molecular weight excluding hydrogens is 360 g/mol. The van der Waals surface area contributed by atoms with Crippen LogP contribution in [-0.2, 0) is 16.1 Å². The number of methoxy groups -OCH3 is 1. The monoisotopic (exact) mass is 386 g/mol. The highest BCUT2D eigenvalue weighted by Gasteiger charge is 2.22. The third-order valence-corrected chi connectivity index (χ3v) is 4.18. The first-order valence-corrected chi connectivity index (χ1v) is 9.06. The fourth-order valence-corrected chi connectivity index (χ4v) is 2.83. The number of H-pyrrole nitrogens is 1. The molecule has 2 aromatic rings. The van der Waals surface area contributed by atoms with Crippen LogP contribution in [0, 0.1) is 6.92 Å². The predicted molar refractivity (Wildman–Crippen MR) is 110 cm³/mol. The van der Waals surface area contributed by atoms with Crippen LogP contribution in [0.4, 0.5) is 11.5 Å². The Morgan fingerprint density at radius 3 is 2.75 bits per heavy atom. The molecule has 0 aliphatic heterocycles. The molecule has 0 atom stereocenters. The SMILES string of the molecule is CCCn1c(N)c(N(CCOC)C(=O)/C=C/c2cccc(C)c2)c(=O)[nH]c1=O. The van der Waals surface area contributed by atoms with Gasteiger partial charge in [0.05, 0.1) is 6.61 Å². The van der Waals surface area contributed by atoms with Crippen molar-refractivity contribution in [3.8, 4) is 0 Å². The standard InChI is InChI=1S/C20H26N4O4/c1-4-10-24-18(21)17(19(26)22-20(24)27)23(11-12-28-3)16(25)9-8-15-7-5-6-14(2)13-15/h5-9,13H,4,10-12,21H2,1-3H3,(H,22,26,27)/b9-8+. The van der Waals surface area contributed by atoms with Gasteiger partial charge in [-0.2, -0.15) is 0 Å². The second-order valence-corrected chi connectivity index (χ2v) is 6.37. The van der Waals surface area contributed by atoms with Crippen molar-refractivity contribution in [2.24, 2.45) is 0 Å². The van der Waals surface area contributed by atoms with Crippen molar-refractivity contribution in [1.82, 2.24) is 9.55 Å². The molecule has 3 N–H and O–H groups in total. The van der Waals surface area contributed by atoms with E-state index >= 15 is 0 Å². The summed E-state index contributed by atoms with van der Waals surface area (Å²) in [5.74, 6) is -0.471. The number of ether oxygens (including phenoxy) is 1. The second kappa shape index (κ2) is 9.70. The van der Waals surface area contributed by atoms with Gasteiger partial charge in [0.15, 0.2) is 5.69 Å². The highest BCUT2D eigenvalue weighted by Crippen LogP contribution is 2.18. The van der Waals surface area contributed by atoms with Gasteiger partial charge in [0.25, 0.3) is 11.5 Å². The molecule has 0 bridgehead atoms. The molecule has 1 heterocycles. The average Bonchev–Trinajstić information content (AvgIpc) is 2.65. The molecule has 8 heteroatoms. The molecule has 0 saturated carbocycles. The maximum atomic E-state index is 12.9. The number of aromatic amines is 1. The van der Waals surface area contributed by atoms with E-state index in [2.05, 4.69) is 4.98 Å². The largest absolute Gasteiger partial charge is 0.383 e. The predicted octanol–water partition coefficient (Wildman–Crippen LogP) is 1.53. The summed E-state index contributed by atoms with van der Waals surface area (Å²) in [6, 6.07) is 7.66. The minimum Gasteiger partial charge on any atom is -0.383 e. The number of hydrogen-bond donors (Lipinski definition) is 2. The number of carbonyl (C=O) groups excluding carboxylic acids is 1. The number of rotatable bonds is 8. The van der Waals surface area contributed by atoms with Crippen LogP contribution in [0.25, 0.3) is 6.08 Å². The topological polar surface area (TPSA) is 110 Å². The Morgan fingerprint density at radius 2 is 2.11 bits per heavy atom. The molecule has 150 valence electrons. The van der Waals surface area contributed by atoms with Crippen LogP contribution < -0.4 is 21.9 Å². The molecule has 1 aromatic heterocycles. The molecule has 1 aromatic carbocycles. The van der Waals surface area contributed by atoms with E-state index in [1.165, 1.54) is 22.7 Å². The van der Waals surface area contributed by atoms with Gasteiger partial charge in [0.2, 0.25) is 0 Å². The summed E-state index contributed by atoms with van der Waals surface area (Å²) in [4.78, 5) is 40.8. The Kier molecular flexibility index (Phi) is 7.34. The number of nitrogens with zero attached hydrogens (tertiary/aromatic N) is 2. The second-order valence-electron chi connectivity index (χ2n) is 6.37. The lowest BCUT2D eigenvalue weighted by atomic mass is 10.1. The molecular formula is C20H26N4O4. The molecule has 2 rings (SSSR count). The Bertz CT molecular complexity index is 975. The van der Waals surface area contributed by atoms with E-state index in [0.29, 0.717) is 13.0 Å². The van der Waals surface area contributed by atoms with E-state index in [-0.39, 0.29) is 24.7 Å². The number of nitrogen functional groups attached to an aromatic ring is 1. The van der Waals surface area contributed by atoms with Gasteiger partial charge < -0.3 is 10.5 Å². The van der Waals surface area contributed by atoms with Crippen LogP contribution in [0.5, 0.6) is 0 Å². The summed E-state index contributed by atoms with van der Waals surface area (Å²) in [7, 11) is 1.50. The van der Waals surface area contributed by atoms with Gasteiger partial charge in [-0.3, -0.25) is 24.0 Å². The van der Waals surface area contributed by atoms with Gasteiger partial charge in [0.1, 0.15) is 5.82 Å². The smallest absolute Gasteiger partial charge is 0.330 e. The van der Waals surface area contributed by atoms with Gasteiger partial charge >= 0.3 is 5.69 Å². The van der Waals surface area contributed by atoms with Crippen molar-refractivity contribution in [3.05, 3.63) is 62.3 Å². The van der Waals surface area contributed by atoms with E-state index in [4.69, 9.17) is 10.5 Å². The average molecular weight is 386 g/mol. The molecule has 0 aliphatic carbocycles. The Balaban J connectivity index is 2.46. The van der Waals surface area contributed by atoms with Gasteiger partial charge in [-0.1, -0.05) is 36.8 Å². The van der Waals surface area contributed by atoms with Gasteiger partial charge in [-0.25, -0.2) is 4.79 Å². The van der Waals surface area contributed by atoms with Gasteiger partial charge in [0, 0.05) is 26.3 Å². The minimum absolute atomic E-state index is 0.0380. The number of anilines is 2. The van der Waals surface area contributed by atoms with E-state index < -0.39 is 17.2 Å². The maximum Gasteiger partial charge on any atom is 0.330 e. The van der Waals surface area contributed by atoms with Crippen molar-refractivity contribution in [3.63, 3.8) is 0 Å². The number of carbonyl (C=O) groups is 1. The molecule has 0 radical (unpaired) electrons. The maximum absolute atomic E-state index is 12.9. The third-order valence-electron chi connectivity index (χ3n) is 4.18. The van der Waals surface area contributed by atoms with Crippen molar-refractivity contribution in [2.75, 3.05) is 30.9 Å². The third kappa shape index (κ3) is 4.98. The van der Waals surface area contributed by atoms with E-state index in [1.54, 1.807) is 6.08 Å². The van der Waals surface area contributed by atoms with Crippen LogP contribution in [0.2, 0.25) is 0 Å². The fraction of sp³-hybridized carbons (Fsp3) is 0.350. The lowest BCUT2D eigenvalue weighted by Gasteiger charge is -2.23. The zero-order valence-corrected chi connectivity index (χ0v) is 16.4.